The summed E-state index contributed by atoms with van der Waals surface area (Å²) in [6.07, 6.45) is 5.00. The number of nitrogens with zero attached hydrogens (tertiary/aromatic N) is 1. The second-order valence-electron chi connectivity index (χ2n) is 6.38. The van der Waals surface area contributed by atoms with E-state index in [4.69, 9.17) is 5.11 Å². The molecule has 0 heterocycles. The van der Waals surface area contributed by atoms with Crippen LogP contribution in [-0.4, -0.2) is 24.7 Å². The van der Waals surface area contributed by atoms with E-state index in [1.165, 1.54) is 31.7 Å². The minimum Gasteiger partial charge on any atom is -0.478 e. The van der Waals surface area contributed by atoms with Crippen molar-refractivity contribution >= 4 is 11.7 Å². The molecule has 2 fully saturated rings. The SMILES string of the molecule is CN(CC1CC2CCC1C2)c1ccc(C(=O)O)c(F)c1F. The number of rotatable bonds is 4. The van der Waals surface area contributed by atoms with E-state index < -0.39 is 23.2 Å². The molecule has 2 saturated carbocycles. The number of aromatic carboxylic acids is 1. The van der Waals surface area contributed by atoms with Gasteiger partial charge in [-0.15, -0.1) is 0 Å². The van der Waals surface area contributed by atoms with Crippen molar-refractivity contribution in [1.82, 2.24) is 0 Å². The molecule has 2 aliphatic rings. The summed E-state index contributed by atoms with van der Waals surface area (Å²) in [5.74, 6) is -1.74. The molecule has 0 spiro atoms. The largest absolute Gasteiger partial charge is 0.478 e. The molecule has 3 nitrogen and oxygen atoms in total. The van der Waals surface area contributed by atoms with Crippen LogP contribution in [0.5, 0.6) is 0 Å². The van der Waals surface area contributed by atoms with Crippen LogP contribution in [0, 0.1) is 29.4 Å². The second-order valence-corrected chi connectivity index (χ2v) is 6.38. The molecule has 0 amide bonds. The van der Waals surface area contributed by atoms with Gasteiger partial charge in [-0.1, -0.05) is 6.42 Å². The zero-order valence-electron chi connectivity index (χ0n) is 12.0. The Balaban J connectivity index is 1.77. The van der Waals surface area contributed by atoms with E-state index in [0.29, 0.717) is 18.4 Å². The van der Waals surface area contributed by atoms with Crippen LogP contribution in [0.3, 0.4) is 0 Å². The average molecular weight is 295 g/mol. The molecule has 0 saturated heterocycles. The molecule has 2 aliphatic carbocycles. The summed E-state index contributed by atoms with van der Waals surface area (Å²) in [5, 5.41) is 8.80. The lowest BCUT2D eigenvalue weighted by Crippen LogP contribution is -2.29. The highest BCUT2D eigenvalue weighted by Gasteiger charge is 2.39. The summed E-state index contributed by atoms with van der Waals surface area (Å²) in [6, 6.07) is 2.49. The van der Waals surface area contributed by atoms with Crippen LogP contribution in [0.15, 0.2) is 12.1 Å². The molecule has 21 heavy (non-hydrogen) atoms. The van der Waals surface area contributed by atoms with Crippen LogP contribution in [0.4, 0.5) is 14.5 Å². The van der Waals surface area contributed by atoms with Gasteiger partial charge in [-0.3, -0.25) is 0 Å². The molecular weight excluding hydrogens is 276 g/mol. The van der Waals surface area contributed by atoms with E-state index in [1.807, 2.05) is 0 Å². The van der Waals surface area contributed by atoms with E-state index in [9.17, 15) is 13.6 Å². The third kappa shape index (κ3) is 2.49. The molecule has 114 valence electrons. The lowest BCUT2D eigenvalue weighted by atomic mass is 9.88. The fourth-order valence-corrected chi connectivity index (χ4v) is 4.05. The number of hydrogen-bond donors (Lipinski definition) is 1. The Morgan fingerprint density at radius 2 is 2.05 bits per heavy atom. The molecule has 3 atom stereocenters. The van der Waals surface area contributed by atoms with Gasteiger partial charge in [0.25, 0.3) is 0 Å². The first-order chi connectivity index (χ1) is 9.97. The molecular formula is C16H19F2NO2. The van der Waals surface area contributed by atoms with Gasteiger partial charge >= 0.3 is 5.97 Å². The minimum absolute atomic E-state index is 0.139. The van der Waals surface area contributed by atoms with Crippen molar-refractivity contribution < 1.29 is 18.7 Å². The molecule has 0 radical (unpaired) electrons. The van der Waals surface area contributed by atoms with Crippen molar-refractivity contribution in [3.63, 3.8) is 0 Å². The number of halogens is 2. The summed E-state index contributed by atoms with van der Waals surface area (Å²) < 4.78 is 27.8. The highest BCUT2D eigenvalue weighted by molar-refractivity contribution is 5.88. The fourth-order valence-electron chi connectivity index (χ4n) is 4.05. The molecule has 2 bridgehead atoms. The number of carboxylic acid groups (broad SMARTS) is 1. The summed E-state index contributed by atoms with van der Waals surface area (Å²) in [7, 11) is 1.74. The molecule has 1 aromatic rings. The number of carbonyl (C=O) groups is 1. The van der Waals surface area contributed by atoms with E-state index in [1.54, 1.807) is 11.9 Å². The maximum absolute atomic E-state index is 14.1. The van der Waals surface area contributed by atoms with Gasteiger partial charge in [0.05, 0.1) is 11.3 Å². The number of benzene rings is 1. The monoisotopic (exact) mass is 295 g/mol. The maximum Gasteiger partial charge on any atom is 0.338 e. The first-order valence-electron chi connectivity index (χ1n) is 7.39. The third-order valence-electron chi connectivity index (χ3n) is 5.10. The van der Waals surface area contributed by atoms with Gasteiger partial charge in [-0.25, -0.2) is 13.6 Å². The smallest absolute Gasteiger partial charge is 0.338 e. The first-order valence-corrected chi connectivity index (χ1v) is 7.39. The van der Waals surface area contributed by atoms with Crippen molar-refractivity contribution in [3.8, 4) is 0 Å². The zero-order chi connectivity index (χ0) is 15.1. The summed E-state index contributed by atoms with van der Waals surface area (Å²) in [6.45, 7) is 0.698. The van der Waals surface area contributed by atoms with Gasteiger partial charge in [0.1, 0.15) is 0 Å². The number of carboxylic acids is 1. The second kappa shape index (κ2) is 5.28. The van der Waals surface area contributed by atoms with Gasteiger partial charge in [0.15, 0.2) is 11.6 Å². The Morgan fingerprint density at radius 1 is 1.29 bits per heavy atom. The van der Waals surface area contributed by atoms with Gasteiger partial charge in [0, 0.05) is 13.6 Å². The van der Waals surface area contributed by atoms with Gasteiger partial charge in [-0.2, -0.15) is 0 Å². The van der Waals surface area contributed by atoms with Crippen LogP contribution in [-0.2, 0) is 0 Å². The lowest BCUT2D eigenvalue weighted by Gasteiger charge is -2.29. The summed E-state index contributed by atoms with van der Waals surface area (Å²) in [4.78, 5) is 12.5. The summed E-state index contributed by atoms with van der Waals surface area (Å²) >= 11 is 0. The molecule has 1 aromatic carbocycles. The third-order valence-corrected chi connectivity index (χ3v) is 5.10. The van der Waals surface area contributed by atoms with Gasteiger partial charge in [-0.05, 0) is 49.1 Å². The Labute approximate surface area is 122 Å². The summed E-state index contributed by atoms with van der Waals surface area (Å²) in [5.41, 5.74) is -0.482. The predicted octanol–water partition coefficient (Wildman–Crippen LogP) is 3.54. The first kappa shape index (κ1) is 14.3. The van der Waals surface area contributed by atoms with Crippen molar-refractivity contribution in [3.05, 3.63) is 29.3 Å². The molecule has 5 heteroatoms. The number of anilines is 1. The Morgan fingerprint density at radius 3 is 2.62 bits per heavy atom. The van der Waals surface area contributed by atoms with Crippen molar-refractivity contribution in [1.29, 1.82) is 0 Å². The number of fused-ring (bicyclic) bond motifs is 2. The fraction of sp³-hybridized carbons (Fsp3) is 0.562. The van der Waals surface area contributed by atoms with E-state index in [2.05, 4.69) is 0 Å². The minimum atomic E-state index is -1.45. The van der Waals surface area contributed by atoms with E-state index in [-0.39, 0.29) is 5.69 Å². The van der Waals surface area contributed by atoms with Crippen LogP contribution in [0.1, 0.15) is 36.0 Å². The lowest BCUT2D eigenvalue weighted by molar-refractivity contribution is 0.0690. The Hall–Kier alpha value is -1.65. The molecule has 3 unspecified atom stereocenters. The predicted molar refractivity (Wildman–Crippen MR) is 75.5 cm³/mol. The van der Waals surface area contributed by atoms with Crippen molar-refractivity contribution in [2.24, 2.45) is 17.8 Å². The normalized spacial score (nSPS) is 27.1. The Kier molecular flexibility index (Phi) is 3.59. The zero-order valence-corrected chi connectivity index (χ0v) is 12.0. The maximum atomic E-state index is 14.1. The van der Waals surface area contributed by atoms with Crippen LogP contribution < -0.4 is 4.90 Å². The van der Waals surface area contributed by atoms with Crippen molar-refractivity contribution in [2.45, 2.75) is 25.7 Å². The van der Waals surface area contributed by atoms with Gasteiger partial charge in [0.2, 0.25) is 0 Å². The average Bonchev–Trinajstić information content (AvgIpc) is 3.03. The molecule has 1 N–H and O–H groups in total. The van der Waals surface area contributed by atoms with Crippen LogP contribution in [0.2, 0.25) is 0 Å². The molecule has 0 aliphatic heterocycles. The van der Waals surface area contributed by atoms with Crippen LogP contribution >= 0.6 is 0 Å². The molecule has 0 aromatic heterocycles. The number of hydrogen-bond acceptors (Lipinski definition) is 2. The van der Waals surface area contributed by atoms with Crippen molar-refractivity contribution in [2.75, 3.05) is 18.5 Å². The Bertz CT molecular complexity index is 576. The highest BCUT2D eigenvalue weighted by Crippen LogP contribution is 2.48. The topological polar surface area (TPSA) is 40.5 Å². The van der Waals surface area contributed by atoms with Crippen LogP contribution in [0.25, 0.3) is 0 Å². The van der Waals surface area contributed by atoms with E-state index >= 15 is 0 Å². The highest BCUT2D eigenvalue weighted by atomic mass is 19.2. The quantitative estimate of drug-likeness (QED) is 0.923. The standard InChI is InChI=1S/C16H19F2NO2/c1-19(8-11-7-9-2-3-10(11)6-9)13-5-4-12(16(20)21)14(17)15(13)18/h4-5,9-11H,2-3,6-8H2,1H3,(H,20,21). The van der Waals surface area contributed by atoms with E-state index in [0.717, 1.165) is 12.0 Å². The van der Waals surface area contributed by atoms with Gasteiger partial charge < -0.3 is 10.0 Å². The molecule has 3 rings (SSSR count).